The number of ether oxygens (including phenoxy) is 2. The van der Waals surface area contributed by atoms with Crippen molar-refractivity contribution < 1.29 is 18.7 Å². The molecule has 1 fully saturated rings. The lowest BCUT2D eigenvalue weighted by molar-refractivity contribution is 0.0690. The zero-order chi connectivity index (χ0) is 29.1. The number of halogens is 1. The van der Waals surface area contributed by atoms with E-state index < -0.39 is 0 Å². The fourth-order valence-corrected chi connectivity index (χ4v) is 7.28. The highest BCUT2D eigenvalue weighted by molar-refractivity contribution is 7.99. The van der Waals surface area contributed by atoms with Gasteiger partial charge in [-0.15, -0.1) is 22.7 Å². The molecule has 1 aliphatic rings. The zero-order valence-electron chi connectivity index (χ0n) is 23.0. The molecule has 1 aromatic carbocycles. The summed E-state index contributed by atoms with van der Waals surface area (Å²) >= 11 is 4.73. The number of aromatic nitrogens is 3. The lowest BCUT2D eigenvalue weighted by atomic mass is 9.94. The summed E-state index contributed by atoms with van der Waals surface area (Å²) in [6.07, 6.45) is 4.86. The summed E-state index contributed by atoms with van der Waals surface area (Å²) in [5.74, 6) is 1.42. The maximum absolute atomic E-state index is 13.5. The number of amides is 1. The lowest BCUT2D eigenvalue weighted by Crippen LogP contribution is -2.39. The van der Waals surface area contributed by atoms with E-state index in [4.69, 9.17) is 19.4 Å². The standard InChI is InChI=1S/C30H28FN5O3S3/c1-18(2)38-30(37)36-12-8-19(9-13-36)24-17-41-29(34-24)35-28-25(39-21-5-3-20(31)4-6-21)15-22(16-33-28)42-26-7-11-32-23-10-14-40-27(23)26/h3-7,10-11,14-19H,8-9,12-13H2,1-2H3,(H,33,34,35). The number of hydrogen-bond donors (Lipinski definition) is 1. The average molecular weight is 622 g/mol. The number of benzene rings is 1. The predicted octanol–water partition coefficient (Wildman–Crippen LogP) is 8.70. The minimum Gasteiger partial charge on any atom is -0.453 e. The van der Waals surface area contributed by atoms with Gasteiger partial charge in [-0.3, -0.25) is 4.98 Å². The minimum absolute atomic E-state index is 0.131. The van der Waals surface area contributed by atoms with Crippen LogP contribution in [0.4, 0.5) is 20.1 Å². The van der Waals surface area contributed by atoms with E-state index in [0.29, 0.717) is 35.5 Å². The largest absolute Gasteiger partial charge is 0.453 e. The Morgan fingerprint density at radius 3 is 2.71 bits per heavy atom. The molecule has 0 spiro atoms. The van der Waals surface area contributed by atoms with Gasteiger partial charge < -0.3 is 19.7 Å². The van der Waals surface area contributed by atoms with E-state index >= 15 is 0 Å². The highest BCUT2D eigenvalue weighted by Gasteiger charge is 2.27. The van der Waals surface area contributed by atoms with Crippen molar-refractivity contribution in [2.75, 3.05) is 18.4 Å². The van der Waals surface area contributed by atoms with Crippen molar-refractivity contribution in [2.45, 2.75) is 48.5 Å². The summed E-state index contributed by atoms with van der Waals surface area (Å²) in [7, 11) is 0. The second-order valence-corrected chi connectivity index (χ2v) is 12.9. The smallest absolute Gasteiger partial charge is 0.410 e. The number of nitrogens with one attached hydrogen (secondary N) is 1. The van der Waals surface area contributed by atoms with Gasteiger partial charge in [0.05, 0.1) is 22.0 Å². The van der Waals surface area contributed by atoms with E-state index in [-0.39, 0.29) is 23.9 Å². The molecule has 1 amide bonds. The second-order valence-electron chi connectivity index (χ2n) is 10.0. The SMILES string of the molecule is CC(C)OC(=O)N1CCC(c2csc(Nc3ncc(Sc4ccnc5ccsc45)cc3Oc3ccc(F)cc3)n2)CC1. The summed E-state index contributed by atoms with van der Waals surface area (Å²) in [5, 5.41) is 8.10. The zero-order valence-corrected chi connectivity index (χ0v) is 25.4. The molecule has 1 N–H and O–H groups in total. The van der Waals surface area contributed by atoms with Crippen molar-refractivity contribution in [1.29, 1.82) is 0 Å². The molecule has 42 heavy (non-hydrogen) atoms. The molecule has 1 saturated heterocycles. The van der Waals surface area contributed by atoms with Gasteiger partial charge in [0, 0.05) is 52.6 Å². The first-order chi connectivity index (χ1) is 20.4. The molecule has 0 radical (unpaired) electrons. The van der Waals surface area contributed by atoms with Crippen LogP contribution in [0.2, 0.25) is 0 Å². The fourth-order valence-electron chi connectivity index (χ4n) is 4.61. The fraction of sp³-hybridized carbons (Fsp3) is 0.267. The number of thiazole rings is 1. The molecule has 5 heterocycles. The Kier molecular flexibility index (Phi) is 8.54. The molecule has 6 rings (SSSR count). The van der Waals surface area contributed by atoms with Crippen LogP contribution in [0.1, 0.15) is 38.3 Å². The molecule has 8 nitrogen and oxygen atoms in total. The van der Waals surface area contributed by atoms with E-state index in [1.54, 1.807) is 52.5 Å². The van der Waals surface area contributed by atoms with Gasteiger partial charge in [-0.2, -0.15) is 0 Å². The van der Waals surface area contributed by atoms with E-state index in [2.05, 4.69) is 15.7 Å². The Hall–Kier alpha value is -3.74. The van der Waals surface area contributed by atoms with Crippen LogP contribution < -0.4 is 10.1 Å². The second kappa shape index (κ2) is 12.6. The van der Waals surface area contributed by atoms with E-state index in [9.17, 15) is 9.18 Å². The van der Waals surface area contributed by atoms with E-state index in [1.807, 2.05) is 37.4 Å². The molecule has 0 aliphatic carbocycles. The van der Waals surface area contributed by atoms with Gasteiger partial charge in [0.25, 0.3) is 0 Å². The van der Waals surface area contributed by atoms with Crippen LogP contribution in [0, 0.1) is 5.82 Å². The van der Waals surface area contributed by atoms with E-state index in [0.717, 1.165) is 38.5 Å². The Bertz CT molecular complexity index is 1680. The number of thiophene rings is 1. The maximum atomic E-state index is 13.5. The number of piperidine rings is 1. The predicted molar refractivity (Wildman–Crippen MR) is 165 cm³/mol. The number of carbonyl (C=O) groups is 1. The van der Waals surface area contributed by atoms with Crippen molar-refractivity contribution in [3.05, 3.63) is 77.1 Å². The molecule has 12 heteroatoms. The summed E-state index contributed by atoms with van der Waals surface area (Å²) < 4.78 is 26.2. The molecule has 1 aliphatic heterocycles. The third-order valence-corrected chi connectivity index (χ3v) is 9.52. The maximum Gasteiger partial charge on any atom is 0.410 e. The van der Waals surface area contributed by atoms with Crippen LogP contribution >= 0.6 is 34.4 Å². The first-order valence-electron chi connectivity index (χ1n) is 13.5. The Balaban J connectivity index is 1.19. The monoisotopic (exact) mass is 621 g/mol. The van der Waals surface area contributed by atoms with Crippen molar-refractivity contribution in [3.63, 3.8) is 0 Å². The summed E-state index contributed by atoms with van der Waals surface area (Å²) in [5.41, 5.74) is 1.95. The molecule has 0 saturated carbocycles. The molecular weight excluding hydrogens is 594 g/mol. The van der Waals surface area contributed by atoms with E-state index in [1.165, 1.54) is 23.5 Å². The van der Waals surface area contributed by atoms with Crippen LogP contribution in [0.5, 0.6) is 11.5 Å². The number of rotatable bonds is 8. The Morgan fingerprint density at radius 2 is 1.93 bits per heavy atom. The van der Waals surface area contributed by atoms with Gasteiger partial charge in [-0.25, -0.2) is 19.2 Å². The quantitative estimate of drug-likeness (QED) is 0.184. The van der Waals surface area contributed by atoms with Gasteiger partial charge in [0.2, 0.25) is 0 Å². The van der Waals surface area contributed by atoms with Crippen molar-refractivity contribution in [2.24, 2.45) is 0 Å². The number of anilines is 2. The van der Waals surface area contributed by atoms with Crippen LogP contribution in [0.3, 0.4) is 0 Å². The van der Waals surface area contributed by atoms with Crippen molar-refractivity contribution in [1.82, 2.24) is 19.9 Å². The molecular formula is C30H28FN5O3S3. The van der Waals surface area contributed by atoms with Gasteiger partial charge in [0.1, 0.15) is 11.6 Å². The van der Waals surface area contributed by atoms with Crippen molar-refractivity contribution >= 4 is 61.7 Å². The normalized spacial score (nSPS) is 14.0. The average Bonchev–Trinajstić information content (AvgIpc) is 3.66. The van der Waals surface area contributed by atoms with Gasteiger partial charge in [-0.05, 0) is 68.5 Å². The first kappa shape index (κ1) is 28.4. The topological polar surface area (TPSA) is 89.5 Å². The number of likely N-dealkylation sites (tertiary alicyclic amines) is 1. The molecule has 5 aromatic rings. The number of carbonyl (C=O) groups excluding carboxylic acids is 1. The highest BCUT2D eigenvalue weighted by Crippen LogP contribution is 2.40. The van der Waals surface area contributed by atoms with Gasteiger partial charge in [-0.1, -0.05) is 11.8 Å². The third-order valence-electron chi connectivity index (χ3n) is 6.66. The first-order valence-corrected chi connectivity index (χ1v) is 16.1. The van der Waals surface area contributed by atoms with Crippen LogP contribution in [0.15, 0.2) is 75.4 Å². The molecule has 4 aromatic heterocycles. The highest BCUT2D eigenvalue weighted by atomic mass is 32.2. The number of fused-ring (bicyclic) bond motifs is 1. The Morgan fingerprint density at radius 1 is 1.12 bits per heavy atom. The summed E-state index contributed by atoms with van der Waals surface area (Å²) in [6, 6.07) is 11.8. The third kappa shape index (κ3) is 6.66. The number of nitrogens with zero attached hydrogens (tertiary/aromatic N) is 4. The molecule has 216 valence electrons. The molecule has 0 atom stereocenters. The van der Waals surface area contributed by atoms with Crippen LogP contribution in [-0.4, -0.2) is 45.1 Å². The number of pyridine rings is 2. The molecule has 0 bridgehead atoms. The molecule has 0 unspecified atom stereocenters. The van der Waals surface area contributed by atoms with Crippen molar-refractivity contribution in [3.8, 4) is 11.5 Å². The van der Waals surface area contributed by atoms with Crippen LogP contribution in [-0.2, 0) is 4.74 Å². The lowest BCUT2D eigenvalue weighted by Gasteiger charge is -2.31. The summed E-state index contributed by atoms with van der Waals surface area (Å²) in [6.45, 7) is 4.99. The minimum atomic E-state index is -0.334. The van der Waals surface area contributed by atoms with Crippen LogP contribution in [0.25, 0.3) is 10.2 Å². The summed E-state index contributed by atoms with van der Waals surface area (Å²) in [4.78, 5) is 29.9. The van der Waals surface area contributed by atoms with Gasteiger partial charge >= 0.3 is 6.09 Å². The number of hydrogen-bond acceptors (Lipinski definition) is 10. The Labute approximate surface area is 254 Å². The van der Waals surface area contributed by atoms with Gasteiger partial charge in [0.15, 0.2) is 16.7 Å².